The Labute approximate surface area is 127 Å². The van der Waals surface area contributed by atoms with Crippen molar-refractivity contribution in [3.63, 3.8) is 0 Å². The smallest absolute Gasteiger partial charge is 0.231 e. The lowest BCUT2D eigenvalue weighted by Crippen LogP contribution is -2.44. The van der Waals surface area contributed by atoms with E-state index < -0.39 is 0 Å². The summed E-state index contributed by atoms with van der Waals surface area (Å²) in [6.07, 6.45) is 5.54. The summed E-state index contributed by atoms with van der Waals surface area (Å²) in [5.41, 5.74) is 6.46. The number of anilines is 1. The monoisotopic (exact) mass is 290 g/mol. The molecular formula is C16H26N4O. The van der Waals surface area contributed by atoms with Crippen molar-refractivity contribution in [3.8, 4) is 0 Å². The quantitative estimate of drug-likeness (QED) is 0.860. The number of hydrogen-bond donors (Lipinski definition) is 1. The molecule has 0 aliphatic carbocycles. The van der Waals surface area contributed by atoms with Gasteiger partial charge in [0.2, 0.25) is 5.91 Å². The lowest BCUT2D eigenvalue weighted by molar-refractivity contribution is -0.120. The first kappa shape index (κ1) is 15.8. The van der Waals surface area contributed by atoms with Crippen LogP contribution in [0.4, 0.5) is 5.82 Å². The third-order valence-corrected chi connectivity index (χ3v) is 4.09. The molecule has 0 saturated carbocycles. The van der Waals surface area contributed by atoms with Gasteiger partial charge in [-0.2, -0.15) is 0 Å². The number of carbonyl (C=O) groups excluding carboxylic acids is 1. The number of carbonyl (C=O) groups is 1. The van der Waals surface area contributed by atoms with Crippen molar-refractivity contribution in [3.05, 3.63) is 23.9 Å². The molecule has 1 amide bonds. The fraction of sp³-hybridized carbons (Fsp3) is 0.625. The van der Waals surface area contributed by atoms with E-state index in [9.17, 15) is 4.79 Å². The molecule has 2 heterocycles. The van der Waals surface area contributed by atoms with E-state index >= 15 is 0 Å². The van der Waals surface area contributed by atoms with Crippen LogP contribution in [-0.2, 0) is 11.2 Å². The Bertz CT molecular complexity index is 475. The van der Waals surface area contributed by atoms with Crippen molar-refractivity contribution < 1.29 is 4.79 Å². The minimum atomic E-state index is -0.227. The van der Waals surface area contributed by atoms with E-state index in [0.29, 0.717) is 12.6 Å². The first-order chi connectivity index (χ1) is 10.1. The highest BCUT2D eigenvalue weighted by Gasteiger charge is 2.23. The zero-order valence-electron chi connectivity index (χ0n) is 13.1. The molecule has 21 heavy (non-hydrogen) atoms. The molecule has 0 spiro atoms. The summed E-state index contributed by atoms with van der Waals surface area (Å²) in [7, 11) is 4.00. The topological polar surface area (TPSA) is 62.5 Å². The average Bonchev–Trinajstić information content (AvgIpc) is 2.46. The van der Waals surface area contributed by atoms with Crippen LogP contribution in [0, 0.1) is 0 Å². The summed E-state index contributed by atoms with van der Waals surface area (Å²) >= 11 is 0. The van der Waals surface area contributed by atoms with Crippen LogP contribution >= 0.6 is 0 Å². The molecule has 1 saturated heterocycles. The van der Waals surface area contributed by atoms with Gasteiger partial charge in [0.15, 0.2) is 0 Å². The third-order valence-electron chi connectivity index (χ3n) is 4.09. The lowest BCUT2D eigenvalue weighted by Gasteiger charge is -2.34. The highest BCUT2D eigenvalue weighted by atomic mass is 16.1. The normalized spacial score (nSPS) is 19.4. The maximum atomic E-state index is 11.2. The van der Waals surface area contributed by atoms with Crippen molar-refractivity contribution in [1.29, 1.82) is 0 Å². The molecule has 0 radical (unpaired) electrons. The lowest BCUT2D eigenvalue weighted by atomic mass is 9.97. The van der Waals surface area contributed by atoms with Gasteiger partial charge in [-0.05, 0) is 44.4 Å². The van der Waals surface area contributed by atoms with E-state index in [2.05, 4.69) is 22.0 Å². The molecule has 2 rings (SSSR count). The van der Waals surface area contributed by atoms with Crippen molar-refractivity contribution >= 4 is 11.7 Å². The van der Waals surface area contributed by atoms with Crippen LogP contribution in [0.15, 0.2) is 18.2 Å². The van der Waals surface area contributed by atoms with Crippen LogP contribution in [-0.4, -0.2) is 49.0 Å². The van der Waals surface area contributed by atoms with Crippen molar-refractivity contribution in [1.82, 2.24) is 9.88 Å². The van der Waals surface area contributed by atoms with Gasteiger partial charge >= 0.3 is 0 Å². The van der Waals surface area contributed by atoms with Gasteiger partial charge in [-0.15, -0.1) is 0 Å². The fourth-order valence-electron chi connectivity index (χ4n) is 2.96. The summed E-state index contributed by atoms with van der Waals surface area (Å²) in [5.74, 6) is 0.764. The summed E-state index contributed by atoms with van der Waals surface area (Å²) < 4.78 is 0. The Kier molecular flexibility index (Phi) is 5.56. The summed E-state index contributed by atoms with van der Waals surface area (Å²) in [6, 6.07) is 6.60. The van der Waals surface area contributed by atoms with E-state index in [1.165, 1.54) is 6.42 Å². The number of aryl methyl sites for hydroxylation is 1. The molecule has 5 heteroatoms. The Morgan fingerprint density at radius 1 is 1.43 bits per heavy atom. The minimum absolute atomic E-state index is 0.227. The number of primary amides is 1. The maximum Gasteiger partial charge on any atom is 0.231 e. The summed E-state index contributed by atoms with van der Waals surface area (Å²) in [4.78, 5) is 20.1. The molecule has 1 aromatic rings. The van der Waals surface area contributed by atoms with Gasteiger partial charge in [0.1, 0.15) is 5.82 Å². The number of rotatable bonds is 6. The van der Waals surface area contributed by atoms with Gasteiger partial charge in [-0.1, -0.05) is 12.5 Å². The summed E-state index contributed by atoms with van der Waals surface area (Å²) in [5, 5.41) is 0. The number of piperidine rings is 1. The number of hydrogen-bond acceptors (Lipinski definition) is 4. The first-order valence-electron chi connectivity index (χ1n) is 7.72. The molecule has 2 N–H and O–H groups in total. The molecule has 116 valence electrons. The van der Waals surface area contributed by atoms with E-state index in [1.54, 1.807) is 0 Å². The van der Waals surface area contributed by atoms with Crippen molar-refractivity contribution in [2.75, 3.05) is 32.1 Å². The van der Waals surface area contributed by atoms with Crippen LogP contribution in [0.2, 0.25) is 0 Å². The number of aromatic nitrogens is 1. The number of amides is 1. The van der Waals surface area contributed by atoms with Crippen molar-refractivity contribution in [2.24, 2.45) is 5.73 Å². The van der Waals surface area contributed by atoms with Gasteiger partial charge in [-0.25, -0.2) is 4.98 Å². The van der Waals surface area contributed by atoms with Gasteiger partial charge in [0, 0.05) is 25.8 Å². The van der Waals surface area contributed by atoms with E-state index in [4.69, 9.17) is 5.73 Å². The molecule has 1 fully saturated rings. The van der Waals surface area contributed by atoms with Crippen LogP contribution in [0.3, 0.4) is 0 Å². The standard InChI is InChI=1S/C16H26N4O/c1-19(2)16-8-5-6-13(18-16)9-10-14-7-3-4-11-20(14)12-15(17)21/h5-6,8,14H,3-4,7,9-12H2,1-2H3,(H2,17,21). The van der Waals surface area contributed by atoms with Gasteiger partial charge in [0.05, 0.1) is 6.54 Å². The van der Waals surface area contributed by atoms with E-state index in [1.807, 2.05) is 25.1 Å². The average molecular weight is 290 g/mol. The van der Waals surface area contributed by atoms with Gasteiger partial charge < -0.3 is 10.6 Å². The van der Waals surface area contributed by atoms with Gasteiger partial charge in [0.25, 0.3) is 0 Å². The second-order valence-corrected chi connectivity index (χ2v) is 6.01. The molecule has 1 aliphatic heterocycles. The van der Waals surface area contributed by atoms with Crippen LogP contribution < -0.4 is 10.6 Å². The second kappa shape index (κ2) is 7.41. The second-order valence-electron chi connectivity index (χ2n) is 6.01. The first-order valence-corrected chi connectivity index (χ1v) is 7.72. The minimum Gasteiger partial charge on any atom is -0.369 e. The molecule has 1 unspecified atom stereocenters. The highest BCUT2D eigenvalue weighted by Crippen LogP contribution is 2.21. The SMILES string of the molecule is CN(C)c1cccc(CCC2CCCCN2CC(N)=O)n1. The Morgan fingerprint density at radius 2 is 2.24 bits per heavy atom. The van der Waals surface area contributed by atoms with Crippen LogP contribution in [0.1, 0.15) is 31.4 Å². The fourth-order valence-corrected chi connectivity index (χ4v) is 2.96. The summed E-state index contributed by atoms with van der Waals surface area (Å²) in [6.45, 7) is 1.37. The van der Waals surface area contributed by atoms with E-state index in [-0.39, 0.29) is 5.91 Å². The zero-order chi connectivity index (χ0) is 15.2. The van der Waals surface area contributed by atoms with Crippen LogP contribution in [0.25, 0.3) is 0 Å². The zero-order valence-corrected chi connectivity index (χ0v) is 13.1. The number of pyridine rings is 1. The molecule has 1 aromatic heterocycles. The number of likely N-dealkylation sites (tertiary alicyclic amines) is 1. The Balaban J connectivity index is 1.94. The predicted octanol–water partition coefficient (Wildman–Crippen LogP) is 1.42. The molecule has 5 nitrogen and oxygen atoms in total. The maximum absolute atomic E-state index is 11.2. The Hall–Kier alpha value is -1.62. The van der Waals surface area contributed by atoms with E-state index in [0.717, 1.165) is 43.7 Å². The molecular weight excluding hydrogens is 264 g/mol. The van der Waals surface area contributed by atoms with Crippen LogP contribution in [0.5, 0.6) is 0 Å². The number of nitrogens with zero attached hydrogens (tertiary/aromatic N) is 3. The molecule has 0 bridgehead atoms. The molecule has 1 atom stereocenters. The highest BCUT2D eigenvalue weighted by molar-refractivity contribution is 5.75. The molecule has 1 aliphatic rings. The van der Waals surface area contributed by atoms with Gasteiger partial charge in [-0.3, -0.25) is 9.69 Å². The third kappa shape index (κ3) is 4.70. The Morgan fingerprint density at radius 3 is 2.95 bits per heavy atom. The molecule has 0 aromatic carbocycles. The number of nitrogens with two attached hydrogens (primary N) is 1. The predicted molar refractivity (Wildman–Crippen MR) is 85.3 cm³/mol. The largest absolute Gasteiger partial charge is 0.369 e. The van der Waals surface area contributed by atoms with Crippen molar-refractivity contribution in [2.45, 2.75) is 38.1 Å².